The average Bonchev–Trinajstić information content (AvgIpc) is 3.12. The van der Waals surface area contributed by atoms with E-state index in [0.29, 0.717) is 18.8 Å². The maximum absolute atomic E-state index is 12.5. The largest absolute Gasteiger partial charge is 0.353 e. The van der Waals surface area contributed by atoms with Crippen molar-refractivity contribution in [1.29, 1.82) is 0 Å². The van der Waals surface area contributed by atoms with Gasteiger partial charge in [0.2, 0.25) is 5.91 Å². The Morgan fingerprint density at radius 2 is 1.77 bits per heavy atom. The summed E-state index contributed by atoms with van der Waals surface area (Å²) in [5.41, 5.74) is 3.70. The third-order valence-corrected chi connectivity index (χ3v) is 6.27. The van der Waals surface area contributed by atoms with Crippen molar-refractivity contribution in [2.45, 2.75) is 38.0 Å². The lowest BCUT2D eigenvalue weighted by Crippen LogP contribution is -2.35. The van der Waals surface area contributed by atoms with Crippen LogP contribution in [0.25, 0.3) is 0 Å². The number of aryl methyl sites for hydroxylation is 2. The number of carbonyl (C=O) groups is 1. The molecule has 1 amide bonds. The van der Waals surface area contributed by atoms with Crippen LogP contribution >= 0.6 is 11.8 Å². The standard InChI is InChI=1S/C24H31N5OS/c1-5-19-11-13-21(14-12-19)22(28(3)4)15-25-23(30)17-31-24-27-26-18(2)29(24)16-20-9-7-6-8-10-20/h6-14,22H,5,15-17H2,1-4H3,(H,25,30). The van der Waals surface area contributed by atoms with Crippen molar-refractivity contribution in [3.05, 3.63) is 77.1 Å². The van der Waals surface area contributed by atoms with Crippen molar-refractivity contribution in [3.8, 4) is 0 Å². The monoisotopic (exact) mass is 437 g/mol. The van der Waals surface area contributed by atoms with E-state index in [1.54, 1.807) is 0 Å². The van der Waals surface area contributed by atoms with Crippen LogP contribution in [0.2, 0.25) is 0 Å². The number of benzene rings is 2. The van der Waals surface area contributed by atoms with E-state index < -0.39 is 0 Å². The number of hydrogen-bond donors (Lipinski definition) is 1. The first-order chi connectivity index (χ1) is 15.0. The van der Waals surface area contributed by atoms with E-state index in [1.807, 2.05) is 43.8 Å². The molecule has 1 heterocycles. The van der Waals surface area contributed by atoms with Gasteiger partial charge in [0.1, 0.15) is 5.82 Å². The Hall–Kier alpha value is -2.64. The van der Waals surface area contributed by atoms with Crippen LogP contribution < -0.4 is 5.32 Å². The number of nitrogens with one attached hydrogen (secondary N) is 1. The summed E-state index contributed by atoms with van der Waals surface area (Å²) in [6.07, 6.45) is 1.02. The van der Waals surface area contributed by atoms with Crippen molar-refractivity contribution in [2.75, 3.05) is 26.4 Å². The van der Waals surface area contributed by atoms with Crippen LogP contribution in [-0.4, -0.2) is 52.0 Å². The summed E-state index contributed by atoms with van der Waals surface area (Å²) in [7, 11) is 4.07. The molecule has 0 bridgehead atoms. The maximum Gasteiger partial charge on any atom is 0.230 e. The van der Waals surface area contributed by atoms with Gasteiger partial charge in [-0.15, -0.1) is 10.2 Å². The topological polar surface area (TPSA) is 63.1 Å². The lowest BCUT2D eigenvalue weighted by Gasteiger charge is -2.25. The van der Waals surface area contributed by atoms with Gasteiger partial charge >= 0.3 is 0 Å². The molecule has 1 N–H and O–H groups in total. The first kappa shape index (κ1) is 23.0. The lowest BCUT2D eigenvalue weighted by molar-refractivity contribution is -0.118. The molecule has 164 valence electrons. The molecule has 1 unspecified atom stereocenters. The molecular formula is C24H31N5OS. The fraction of sp³-hybridized carbons (Fsp3) is 0.375. The van der Waals surface area contributed by atoms with Gasteiger partial charge in [0.25, 0.3) is 0 Å². The third-order valence-electron chi connectivity index (χ3n) is 5.31. The van der Waals surface area contributed by atoms with Gasteiger partial charge in [-0.3, -0.25) is 4.79 Å². The second kappa shape index (κ2) is 11.1. The predicted octanol–water partition coefficient (Wildman–Crippen LogP) is 3.71. The van der Waals surface area contributed by atoms with Crippen molar-refractivity contribution in [2.24, 2.45) is 0 Å². The Labute approximate surface area is 189 Å². The molecule has 31 heavy (non-hydrogen) atoms. The van der Waals surface area contributed by atoms with Crippen LogP contribution in [0.1, 0.15) is 35.5 Å². The highest BCUT2D eigenvalue weighted by molar-refractivity contribution is 7.99. The average molecular weight is 438 g/mol. The molecule has 0 aliphatic rings. The molecule has 7 heteroatoms. The fourth-order valence-corrected chi connectivity index (χ4v) is 4.20. The van der Waals surface area contributed by atoms with Crippen LogP contribution in [0.4, 0.5) is 0 Å². The molecule has 0 saturated heterocycles. The number of thioether (sulfide) groups is 1. The molecular weight excluding hydrogens is 406 g/mol. The first-order valence-corrected chi connectivity index (χ1v) is 11.5. The minimum Gasteiger partial charge on any atom is -0.353 e. The summed E-state index contributed by atoms with van der Waals surface area (Å²) >= 11 is 1.42. The predicted molar refractivity (Wildman–Crippen MR) is 126 cm³/mol. The van der Waals surface area contributed by atoms with Gasteiger partial charge < -0.3 is 14.8 Å². The molecule has 6 nitrogen and oxygen atoms in total. The van der Waals surface area contributed by atoms with E-state index >= 15 is 0 Å². The Bertz CT molecular complexity index is 969. The Morgan fingerprint density at radius 1 is 1.06 bits per heavy atom. The number of aromatic nitrogens is 3. The maximum atomic E-state index is 12.5. The van der Waals surface area contributed by atoms with E-state index in [1.165, 1.54) is 28.5 Å². The molecule has 0 saturated carbocycles. The van der Waals surface area contributed by atoms with E-state index in [2.05, 4.69) is 63.7 Å². The zero-order valence-corrected chi connectivity index (χ0v) is 19.5. The summed E-state index contributed by atoms with van der Waals surface area (Å²) in [6, 6.07) is 18.9. The second-order valence-corrected chi connectivity index (χ2v) is 8.71. The molecule has 0 fully saturated rings. The summed E-state index contributed by atoms with van der Waals surface area (Å²) in [5.74, 6) is 1.14. The van der Waals surface area contributed by atoms with Crippen molar-refractivity contribution in [3.63, 3.8) is 0 Å². The van der Waals surface area contributed by atoms with E-state index in [-0.39, 0.29) is 11.9 Å². The number of carbonyl (C=O) groups excluding carboxylic acids is 1. The molecule has 0 aliphatic heterocycles. The SMILES string of the molecule is CCc1ccc(C(CNC(=O)CSc2nnc(C)n2Cc2ccccc2)N(C)C)cc1. The number of likely N-dealkylation sites (N-methyl/N-ethyl adjacent to an activating group) is 1. The summed E-state index contributed by atoms with van der Waals surface area (Å²) in [5, 5.41) is 12.3. The van der Waals surface area contributed by atoms with Crippen LogP contribution in [0.3, 0.4) is 0 Å². The molecule has 0 radical (unpaired) electrons. The lowest BCUT2D eigenvalue weighted by atomic mass is 10.0. The minimum absolute atomic E-state index is 0.00561. The van der Waals surface area contributed by atoms with Gasteiger partial charge in [-0.1, -0.05) is 73.3 Å². The second-order valence-electron chi connectivity index (χ2n) is 7.77. The number of nitrogens with zero attached hydrogens (tertiary/aromatic N) is 4. The van der Waals surface area contributed by atoms with Gasteiger partial charge in [-0.2, -0.15) is 0 Å². The summed E-state index contributed by atoms with van der Waals surface area (Å²) in [4.78, 5) is 14.7. The highest BCUT2D eigenvalue weighted by Gasteiger charge is 2.17. The molecule has 0 spiro atoms. The zero-order chi connectivity index (χ0) is 22.2. The highest BCUT2D eigenvalue weighted by Crippen LogP contribution is 2.20. The number of hydrogen-bond acceptors (Lipinski definition) is 5. The quantitative estimate of drug-likeness (QED) is 0.490. The first-order valence-electron chi connectivity index (χ1n) is 10.6. The van der Waals surface area contributed by atoms with E-state index in [4.69, 9.17) is 0 Å². The van der Waals surface area contributed by atoms with Crippen molar-refractivity contribution < 1.29 is 4.79 Å². The van der Waals surface area contributed by atoms with Gasteiger partial charge in [0.05, 0.1) is 18.3 Å². The highest BCUT2D eigenvalue weighted by atomic mass is 32.2. The Balaban J connectivity index is 1.56. The Morgan fingerprint density at radius 3 is 2.42 bits per heavy atom. The van der Waals surface area contributed by atoms with E-state index in [0.717, 1.165) is 17.4 Å². The Kier molecular flexibility index (Phi) is 8.26. The third kappa shape index (κ3) is 6.42. The zero-order valence-electron chi connectivity index (χ0n) is 18.7. The van der Waals surface area contributed by atoms with Gasteiger partial charge in [-0.25, -0.2) is 0 Å². The van der Waals surface area contributed by atoms with E-state index in [9.17, 15) is 4.79 Å². The van der Waals surface area contributed by atoms with Crippen LogP contribution in [0, 0.1) is 6.92 Å². The van der Waals surface area contributed by atoms with Crippen LogP contribution in [-0.2, 0) is 17.8 Å². The molecule has 3 aromatic rings. The molecule has 1 atom stereocenters. The van der Waals surface area contributed by atoms with Crippen LogP contribution in [0.5, 0.6) is 0 Å². The van der Waals surface area contributed by atoms with Gasteiger partial charge in [0.15, 0.2) is 5.16 Å². The smallest absolute Gasteiger partial charge is 0.230 e. The number of amides is 1. The molecule has 2 aromatic carbocycles. The molecule has 1 aromatic heterocycles. The minimum atomic E-state index is -0.00561. The molecule has 3 rings (SSSR count). The summed E-state index contributed by atoms with van der Waals surface area (Å²) in [6.45, 7) is 5.34. The summed E-state index contributed by atoms with van der Waals surface area (Å²) < 4.78 is 2.05. The molecule has 0 aliphatic carbocycles. The fourth-order valence-electron chi connectivity index (χ4n) is 3.38. The van der Waals surface area contributed by atoms with Crippen LogP contribution in [0.15, 0.2) is 59.8 Å². The normalized spacial score (nSPS) is 12.2. The van der Waals surface area contributed by atoms with Gasteiger partial charge in [0, 0.05) is 6.54 Å². The van der Waals surface area contributed by atoms with Crippen molar-refractivity contribution in [1.82, 2.24) is 25.0 Å². The van der Waals surface area contributed by atoms with Crippen molar-refractivity contribution >= 4 is 17.7 Å². The van der Waals surface area contributed by atoms with Gasteiger partial charge in [-0.05, 0) is 44.1 Å². The number of rotatable bonds is 10.